The lowest BCUT2D eigenvalue weighted by molar-refractivity contribution is -0.130. The van der Waals surface area contributed by atoms with Crippen molar-refractivity contribution in [1.29, 1.82) is 0 Å². The van der Waals surface area contributed by atoms with Gasteiger partial charge in [0.1, 0.15) is 17.3 Å². The molecule has 0 unspecified atom stereocenters. The fourth-order valence-corrected chi connectivity index (χ4v) is 3.10. The van der Waals surface area contributed by atoms with Crippen LogP contribution in [0.3, 0.4) is 0 Å². The van der Waals surface area contributed by atoms with Crippen LogP contribution in [0.5, 0.6) is 11.5 Å². The predicted molar refractivity (Wildman–Crippen MR) is 97.3 cm³/mol. The second-order valence-electron chi connectivity index (χ2n) is 6.37. The lowest BCUT2D eigenvalue weighted by Crippen LogP contribution is -2.47. The fraction of sp³-hybridized carbons (Fsp3) is 0.474. The van der Waals surface area contributed by atoms with Crippen LogP contribution in [0, 0.1) is 6.92 Å². The number of piperazine rings is 1. The third kappa shape index (κ3) is 3.83. The van der Waals surface area contributed by atoms with Crippen LogP contribution in [0.4, 0.5) is 0 Å². The Kier molecular flexibility index (Phi) is 5.46. The van der Waals surface area contributed by atoms with Crippen molar-refractivity contribution in [2.75, 3.05) is 40.4 Å². The number of aromatic nitrogens is 1. The molecule has 0 N–H and O–H groups in total. The van der Waals surface area contributed by atoms with Crippen molar-refractivity contribution in [3.8, 4) is 23.0 Å². The van der Waals surface area contributed by atoms with E-state index in [0.717, 1.165) is 48.9 Å². The molecule has 2 heterocycles. The number of oxazole rings is 1. The monoisotopic (exact) mass is 359 g/mol. The molecule has 0 spiro atoms. The number of benzene rings is 1. The molecule has 0 bridgehead atoms. The Morgan fingerprint density at radius 3 is 2.54 bits per heavy atom. The van der Waals surface area contributed by atoms with Gasteiger partial charge in [0.25, 0.3) is 0 Å². The molecule has 1 aliphatic rings. The van der Waals surface area contributed by atoms with Gasteiger partial charge in [0.15, 0.2) is 0 Å². The molecule has 0 saturated carbocycles. The van der Waals surface area contributed by atoms with Crippen LogP contribution in [0.2, 0.25) is 0 Å². The Morgan fingerprint density at radius 1 is 1.19 bits per heavy atom. The van der Waals surface area contributed by atoms with E-state index >= 15 is 0 Å². The standard InChI is InChI=1S/C19H25N3O4/c1-13-17(12-21-7-9-22(10-8-21)14(2)23)20-19(26-13)16-6-5-15(24-3)11-18(16)25-4/h5-6,11H,7-10,12H2,1-4H3. The van der Waals surface area contributed by atoms with E-state index in [1.54, 1.807) is 21.1 Å². The van der Waals surface area contributed by atoms with Gasteiger partial charge in [-0.25, -0.2) is 4.98 Å². The molecule has 1 saturated heterocycles. The topological polar surface area (TPSA) is 68.0 Å². The molecule has 26 heavy (non-hydrogen) atoms. The van der Waals surface area contributed by atoms with E-state index < -0.39 is 0 Å². The summed E-state index contributed by atoms with van der Waals surface area (Å²) in [4.78, 5) is 20.3. The molecule has 1 fully saturated rings. The first kappa shape index (κ1) is 18.3. The minimum Gasteiger partial charge on any atom is -0.497 e. The van der Waals surface area contributed by atoms with Gasteiger partial charge in [0.05, 0.1) is 25.5 Å². The highest BCUT2D eigenvalue weighted by Gasteiger charge is 2.22. The summed E-state index contributed by atoms with van der Waals surface area (Å²) in [6.45, 7) is 7.44. The van der Waals surface area contributed by atoms with Crippen LogP contribution in [-0.4, -0.2) is 61.1 Å². The van der Waals surface area contributed by atoms with Crippen molar-refractivity contribution in [3.63, 3.8) is 0 Å². The molecule has 0 aliphatic carbocycles. The number of ether oxygens (including phenoxy) is 2. The number of carbonyl (C=O) groups is 1. The van der Waals surface area contributed by atoms with Gasteiger partial charge in [0, 0.05) is 45.7 Å². The maximum absolute atomic E-state index is 11.4. The normalized spacial score (nSPS) is 15.2. The number of methoxy groups -OCH3 is 2. The third-order valence-electron chi connectivity index (χ3n) is 4.72. The molecular formula is C19H25N3O4. The average Bonchev–Trinajstić information content (AvgIpc) is 3.01. The number of amides is 1. The zero-order valence-electron chi connectivity index (χ0n) is 15.7. The number of nitrogens with zero attached hydrogens (tertiary/aromatic N) is 3. The van der Waals surface area contributed by atoms with E-state index in [2.05, 4.69) is 9.88 Å². The van der Waals surface area contributed by atoms with Crippen molar-refractivity contribution < 1.29 is 18.7 Å². The van der Waals surface area contributed by atoms with Gasteiger partial charge in [-0.15, -0.1) is 0 Å². The summed E-state index contributed by atoms with van der Waals surface area (Å²) in [6, 6.07) is 5.56. The molecule has 3 rings (SSSR count). The highest BCUT2D eigenvalue weighted by molar-refractivity contribution is 5.73. The minimum absolute atomic E-state index is 0.135. The van der Waals surface area contributed by atoms with Crippen molar-refractivity contribution in [2.45, 2.75) is 20.4 Å². The number of hydrogen-bond acceptors (Lipinski definition) is 6. The van der Waals surface area contributed by atoms with Gasteiger partial charge in [-0.3, -0.25) is 9.69 Å². The summed E-state index contributed by atoms with van der Waals surface area (Å²) in [6.07, 6.45) is 0. The summed E-state index contributed by atoms with van der Waals surface area (Å²) in [5.41, 5.74) is 1.71. The van der Waals surface area contributed by atoms with Crippen LogP contribution in [-0.2, 0) is 11.3 Å². The maximum Gasteiger partial charge on any atom is 0.230 e. The Bertz CT molecular complexity index is 779. The van der Waals surface area contributed by atoms with Crippen LogP contribution in [0.15, 0.2) is 22.6 Å². The molecule has 1 aromatic carbocycles. The predicted octanol–water partition coefficient (Wildman–Crippen LogP) is 2.33. The van der Waals surface area contributed by atoms with Crippen LogP contribution >= 0.6 is 0 Å². The van der Waals surface area contributed by atoms with E-state index in [0.29, 0.717) is 18.2 Å². The quantitative estimate of drug-likeness (QED) is 0.816. The molecule has 1 aliphatic heterocycles. The summed E-state index contributed by atoms with van der Waals surface area (Å²) in [5, 5.41) is 0. The molecule has 1 aromatic heterocycles. The van der Waals surface area contributed by atoms with Gasteiger partial charge in [0.2, 0.25) is 11.8 Å². The molecule has 140 valence electrons. The van der Waals surface area contributed by atoms with Gasteiger partial charge in [-0.1, -0.05) is 0 Å². The first-order chi connectivity index (χ1) is 12.5. The largest absolute Gasteiger partial charge is 0.497 e. The van der Waals surface area contributed by atoms with Crippen molar-refractivity contribution in [3.05, 3.63) is 29.7 Å². The summed E-state index contributed by atoms with van der Waals surface area (Å²) in [7, 11) is 3.23. The van der Waals surface area contributed by atoms with Gasteiger partial charge in [-0.05, 0) is 19.1 Å². The summed E-state index contributed by atoms with van der Waals surface area (Å²) in [5.74, 6) is 2.85. The van der Waals surface area contributed by atoms with E-state index in [-0.39, 0.29) is 5.91 Å². The molecule has 7 nitrogen and oxygen atoms in total. The van der Waals surface area contributed by atoms with Gasteiger partial charge in [-0.2, -0.15) is 0 Å². The van der Waals surface area contributed by atoms with E-state index in [1.807, 2.05) is 30.0 Å². The lowest BCUT2D eigenvalue weighted by atomic mass is 10.2. The molecule has 2 aromatic rings. The highest BCUT2D eigenvalue weighted by atomic mass is 16.5. The molecule has 7 heteroatoms. The fourth-order valence-electron chi connectivity index (χ4n) is 3.10. The van der Waals surface area contributed by atoms with E-state index in [4.69, 9.17) is 13.9 Å². The Hall–Kier alpha value is -2.54. The van der Waals surface area contributed by atoms with Gasteiger partial charge < -0.3 is 18.8 Å². The van der Waals surface area contributed by atoms with Crippen LogP contribution in [0.25, 0.3) is 11.5 Å². The summed E-state index contributed by atoms with van der Waals surface area (Å²) < 4.78 is 16.6. The number of carbonyl (C=O) groups excluding carboxylic acids is 1. The van der Waals surface area contributed by atoms with Gasteiger partial charge >= 0.3 is 0 Å². The van der Waals surface area contributed by atoms with Crippen LogP contribution < -0.4 is 9.47 Å². The number of hydrogen-bond donors (Lipinski definition) is 0. The van der Waals surface area contributed by atoms with E-state index in [9.17, 15) is 4.79 Å². The molecule has 0 atom stereocenters. The van der Waals surface area contributed by atoms with Crippen molar-refractivity contribution >= 4 is 5.91 Å². The smallest absolute Gasteiger partial charge is 0.230 e. The SMILES string of the molecule is COc1ccc(-c2nc(CN3CCN(C(C)=O)CC3)c(C)o2)c(OC)c1. The zero-order chi connectivity index (χ0) is 18.7. The average molecular weight is 359 g/mol. The summed E-state index contributed by atoms with van der Waals surface area (Å²) >= 11 is 0. The first-order valence-corrected chi connectivity index (χ1v) is 8.68. The third-order valence-corrected chi connectivity index (χ3v) is 4.72. The van der Waals surface area contributed by atoms with Crippen LogP contribution in [0.1, 0.15) is 18.4 Å². The zero-order valence-corrected chi connectivity index (χ0v) is 15.7. The Balaban J connectivity index is 1.75. The van der Waals surface area contributed by atoms with Crippen molar-refractivity contribution in [2.24, 2.45) is 0 Å². The second kappa shape index (κ2) is 7.78. The molecule has 1 amide bonds. The maximum atomic E-state index is 11.4. The Morgan fingerprint density at radius 2 is 1.92 bits per heavy atom. The molecular weight excluding hydrogens is 334 g/mol. The lowest BCUT2D eigenvalue weighted by Gasteiger charge is -2.33. The Labute approximate surface area is 153 Å². The molecule has 0 radical (unpaired) electrons. The first-order valence-electron chi connectivity index (χ1n) is 8.68. The van der Waals surface area contributed by atoms with E-state index in [1.165, 1.54) is 0 Å². The highest BCUT2D eigenvalue weighted by Crippen LogP contribution is 2.33. The second-order valence-corrected chi connectivity index (χ2v) is 6.37. The minimum atomic E-state index is 0.135. The number of rotatable bonds is 5. The number of aryl methyl sites for hydroxylation is 1. The van der Waals surface area contributed by atoms with Crippen molar-refractivity contribution in [1.82, 2.24) is 14.8 Å².